The molecule has 1 aromatic carbocycles. The first-order valence-corrected chi connectivity index (χ1v) is 14.3. The fourth-order valence-corrected chi connectivity index (χ4v) is 7.69. The highest BCUT2D eigenvalue weighted by molar-refractivity contribution is 7.22. The van der Waals surface area contributed by atoms with Gasteiger partial charge >= 0.3 is 0 Å². The third kappa shape index (κ3) is 5.35. The van der Waals surface area contributed by atoms with E-state index in [9.17, 15) is 5.11 Å². The monoisotopic (exact) mass is 526 g/mol. The average Bonchev–Trinajstić information content (AvgIpc) is 3.63. The molecule has 0 aliphatic heterocycles. The lowest BCUT2D eigenvalue weighted by atomic mass is 9.90. The summed E-state index contributed by atoms with van der Waals surface area (Å²) >= 11 is 5.23. The van der Waals surface area contributed by atoms with E-state index in [1.807, 2.05) is 12.1 Å². The summed E-state index contributed by atoms with van der Waals surface area (Å²) in [5.74, 6) is 1.96. The van der Waals surface area contributed by atoms with E-state index < -0.39 is 0 Å². The Morgan fingerprint density at radius 2 is 1.66 bits per heavy atom. The maximum Gasteiger partial charge on any atom is 0.180 e. The Kier molecular flexibility index (Phi) is 7.63. The second-order valence-corrected chi connectivity index (χ2v) is 11.8. The van der Waals surface area contributed by atoms with Gasteiger partial charge in [-0.05, 0) is 66.2 Å². The lowest BCUT2D eigenvalue weighted by Gasteiger charge is -2.33. The molecule has 4 aromatic rings. The molecular weight excluding hydrogens is 497 g/mol. The van der Waals surface area contributed by atoms with E-state index >= 15 is 0 Å². The number of phenols is 1. The minimum absolute atomic E-state index is 0.294. The summed E-state index contributed by atoms with van der Waals surface area (Å²) in [5, 5.41) is 20.5. The van der Waals surface area contributed by atoms with Gasteiger partial charge in [0.25, 0.3) is 0 Å². The molecule has 184 valence electrons. The Balaban J connectivity index is 1.28. The van der Waals surface area contributed by atoms with Gasteiger partial charge in [-0.15, -0.1) is 34.0 Å². The topological polar surface area (TPSA) is 62.8 Å². The molecule has 3 heterocycles. The highest BCUT2D eigenvalue weighted by atomic mass is 32.1. The van der Waals surface area contributed by atoms with Gasteiger partial charge in [-0.3, -0.25) is 0 Å². The number of hydrogen-bond acceptors (Lipinski definition) is 8. The Bertz CT molecular complexity index is 1230. The molecule has 0 bridgehead atoms. The molecule has 0 spiro atoms. The summed E-state index contributed by atoms with van der Waals surface area (Å²) in [5.41, 5.74) is 1.12. The van der Waals surface area contributed by atoms with E-state index in [0.29, 0.717) is 17.8 Å². The number of benzene rings is 1. The molecule has 1 aliphatic carbocycles. The molecule has 35 heavy (non-hydrogen) atoms. The predicted molar refractivity (Wildman–Crippen MR) is 149 cm³/mol. The Morgan fingerprint density at radius 3 is 2.37 bits per heavy atom. The van der Waals surface area contributed by atoms with Crippen LogP contribution < -0.4 is 20.1 Å². The zero-order valence-electron chi connectivity index (χ0n) is 19.9. The molecule has 3 aromatic heterocycles. The maximum absolute atomic E-state index is 9.57. The highest BCUT2D eigenvalue weighted by Gasteiger charge is 2.27. The molecule has 5 nitrogen and oxygen atoms in total. The summed E-state index contributed by atoms with van der Waals surface area (Å²) in [4.78, 5) is 4.71. The van der Waals surface area contributed by atoms with Crippen molar-refractivity contribution in [2.45, 2.75) is 44.3 Å². The van der Waals surface area contributed by atoms with E-state index in [2.05, 4.69) is 40.3 Å². The van der Waals surface area contributed by atoms with Gasteiger partial charge in [0.05, 0.1) is 29.0 Å². The maximum atomic E-state index is 9.57. The minimum atomic E-state index is 0.294. The number of nitrogens with one attached hydrogen (secondary N) is 2. The van der Waals surface area contributed by atoms with Crippen LogP contribution >= 0.6 is 34.0 Å². The molecule has 8 heteroatoms. The van der Waals surface area contributed by atoms with Crippen LogP contribution in [0.4, 0.5) is 5.00 Å². The van der Waals surface area contributed by atoms with Crippen LogP contribution in [0.15, 0.2) is 53.9 Å². The second-order valence-electron chi connectivity index (χ2n) is 8.63. The summed E-state index contributed by atoms with van der Waals surface area (Å²) in [7, 11) is 3.44. The first-order valence-electron chi connectivity index (χ1n) is 11.8. The van der Waals surface area contributed by atoms with Gasteiger partial charge in [0, 0.05) is 28.4 Å². The van der Waals surface area contributed by atoms with Crippen molar-refractivity contribution in [3.8, 4) is 37.4 Å². The van der Waals surface area contributed by atoms with Crippen molar-refractivity contribution in [1.29, 1.82) is 0 Å². The second kappa shape index (κ2) is 11.0. The van der Waals surface area contributed by atoms with Crippen molar-refractivity contribution in [2.24, 2.45) is 0 Å². The van der Waals surface area contributed by atoms with E-state index in [1.165, 1.54) is 32.5 Å². The molecule has 0 unspecified atom stereocenters. The quantitative estimate of drug-likeness (QED) is 0.212. The smallest absolute Gasteiger partial charge is 0.180 e. The number of aromatic hydroxyl groups is 1. The van der Waals surface area contributed by atoms with Crippen LogP contribution in [0.25, 0.3) is 20.2 Å². The number of ether oxygens (including phenoxy) is 2. The van der Waals surface area contributed by atoms with E-state index in [-0.39, 0.29) is 0 Å². The highest BCUT2D eigenvalue weighted by Crippen LogP contribution is 2.49. The van der Waals surface area contributed by atoms with Crippen molar-refractivity contribution >= 4 is 39.0 Å². The van der Waals surface area contributed by atoms with Crippen LogP contribution in [0.3, 0.4) is 0 Å². The van der Waals surface area contributed by atoms with Crippen molar-refractivity contribution < 1.29 is 14.6 Å². The molecule has 0 radical (unpaired) electrons. The van der Waals surface area contributed by atoms with E-state index in [4.69, 9.17) is 9.47 Å². The number of anilines is 1. The molecule has 0 saturated heterocycles. The normalized spacial score (nSPS) is 17.9. The summed E-state index contributed by atoms with van der Waals surface area (Å²) in [6, 6.07) is 16.7. The Hall–Kier alpha value is -2.52. The van der Waals surface area contributed by atoms with Gasteiger partial charge in [0.1, 0.15) is 5.75 Å². The van der Waals surface area contributed by atoms with Gasteiger partial charge in [-0.25, -0.2) is 0 Å². The molecule has 1 fully saturated rings. The van der Waals surface area contributed by atoms with Crippen LogP contribution in [0.1, 0.15) is 30.6 Å². The van der Waals surface area contributed by atoms with Crippen LogP contribution in [-0.4, -0.2) is 31.4 Å². The van der Waals surface area contributed by atoms with Crippen molar-refractivity contribution in [2.75, 3.05) is 19.5 Å². The van der Waals surface area contributed by atoms with Gasteiger partial charge in [-0.1, -0.05) is 18.9 Å². The molecule has 0 amide bonds. The first-order chi connectivity index (χ1) is 17.2. The number of hydrogen-bond donors (Lipinski definition) is 3. The molecule has 1 saturated carbocycles. The average molecular weight is 527 g/mol. The number of rotatable bonds is 9. The van der Waals surface area contributed by atoms with Gasteiger partial charge in [-0.2, -0.15) is 0 Å². The number of thiophene rings is 3. The molecular formula is C27H30N2O3S3. The third-order valence-electron chi connectivity index (χ3n) is 6.42. The lowest BCUT2D eigenvalue weighted by Crippen LogP contribution is -2.45. The van der Waals surface area contributed by atoms with Crippen molar-refractivity contribution in [3.63, 3.8) is 0 Å². The predicted octanol–water partition coefficient (Wildman–Crippen LogP) is 7.44. The Labute approximate surface area is 218 Å². The summed E-state index contributed by atoms with van der Waals surface area (Å²) < 4.78 is 11.5. The first kappa shape index (κ1) is 24.2. The minimum Gasteiger partial charge on any atom is -0.508 e. The van der Waals surface area contributed by atoms with Gasteiger partial charge in [0.15, 0.2) is 11.5 Å². The molecule has 2 atom stereocenters. The largest absolute Gasteiger partial charge is 0.508 e. The molecule has 1 aliphatic rings. The summed E-state index contributed by atoms with van der Waals surface area (Å²) in [6.45, 7) is 0.752. The van der Waals surface area contributed by atoms with Crippen molar-refractivity contribution in [1.82, 2.24) is 5.32 Å². The molecule has 5 rings (SSSR count). The van der Waals surface area contributed by atoms with Crippen molar-refractivity contribution in [3.05, 3.63) is 58.8 Å². The van der Waals surface area contributed by atoms with Crippen LogP contribution in [0, 0.1) is 0 Å². The van der Waals surface area contributed by atoms with Crippen LogP contribution in [0.2, 0.25) is 0 Å². The van der Waals surface area contributed by atoms with E-state index in [0.717, 1.165) is 41.3 Å². The zero-order chi connectivity index (χ0) is 24.2. The lowest BCUT2D eigenvalue weighted by molar-refractivity contribution is 0.335. The third-order valence-corrected chi connectivity index (χ3v) is 9.69. The standard InChI is InChI=1S/C27H30N2O3S3/c1-31-25-23(35-27(26(25)32-2)22-8-5-15-33-22)16-28-19-6-3-4-7-20(19)29-24-14-13-21(34-24)17-9-11-18(30)12-10-17/h5,8-15,19-20,28-30H,3-4,6-7,16H2,1-2H3/t19-,20-/m1/s1. The van der Waals surface area contributed by atoms with Crippen LogP contribution in [-0.2, 0) is 6.54 Å². The Morgan fingerprint density at radius 1 is 0.886 bits per heavy atom. The fourth-order valence-electron chi connectivity index (χ4n) is 4.67. The number of phenolic OH excluding ortho intramolecular Hbond substituents is 1. The summed E-state index contributed by atoms with van der Waals surface area (Å²) in [6.07, 6.45) is 4.78. The van der Waals surface area contributed by atoms with E-state index in [1.54, 1.807) is 60.4 Å². The van der Waals surface area contributed by atoms with Gasteiger partial charge in [0.2, 0.25) is 0 Å². The van der Waals surface area contributed by atoms with Gasteiger partial charge < -0.3 is 25.2 Å². The SMILES string of the molecule is COc1c(CN[C@@H]2CCCC[C@H]2Nc2ccc(-c3ccc(O)cc3)s2)sc(-c2cccs2)c1OC. The molecule has 3 N–H and O–H groups in total. The number of methoxy groups -OCH3 is 2. The zero-order valence-corrected chi connectivity index (χ0v) is 22.3. The fraction of sp³-hybridized carbons (Fsp3) is 0.333. The van der Waals surface area contributed by atoms with Crippen LogP contribution in [0.5, 0.6) is 17.2 Å².